The lowest BCUT2D eigenvalue weighted by atomic mass is 10.1. The summed E-state index contributed by atoms with van der Waals surface area (Å²) in [5, 5.41) is 15.0. The van der Waals surface area contributed by atoms with E-state index >= 15 is 0 Å². The van der Waals surface area contributed by atoms with Gasteiger partial charge in [0.25, 0.3) is 11.6 Å². The van der Waals surface area contributed by atoms with Crippen LogP contribution in [0.4, 0.5) is 5.69 Å². The first-order chi connectivity index (χ1) is 13.9. The fourth-order valence-corrected chi connectivity index (χ4v) is 2.73. The minimum Gasteiger partial charge on any atom is -0.497 e. The van der Waals surface area contributed by atoms with Gasteiger partial charge in [0.15, 0.2) is 0 Å². The third kappa shape index (κ3) is 4.57. The Morgan fingerprint density at radius 1 is 1.24 bits per heavy atom. The molecule has 29 heavy (non-hydrogen) atoms. The lowest BCUT2D eigenvalue weighted by Crippen LogP contribution is -2.36. The molecule has 3 aromatic rings. The molecule has 0 unspecified atom stereocenters. The maximum atomic E-state index is 12.9. The molecule has 9 nitrogen and oxygen atoms in total. The maximum Gasteiger partial charge on any atom is 0.270 e. The fourth-order valence-electron chi connectivity index (χ4n) is 2.73. The first kappa shape index (κ1) is 20.0. The van der Waals surface area contributed by atoms with Gasteiger partial charge in [-0.15, -0.1) is 0 Å². The molecule has 0 atom stereocenters. The number of hydrogen-bond donors (Lipinski definition) is 0. The van der Waals surface area contributed by atoms with Gasteiger partial charge < -0.3 is 14.2 Å². The van der Waals surface area contributed by atoms with Gasteiger partial charge in [-0.3, -0.25) is 14.9 Å². The molecule has 0 saturated heterocycles. The molecule has 1 aromatic heterocycles. The van der Waals surface area contributed by atoms with Crippen LogP contribution in [0.3, 0.4) is 0 Å². The SMILES string of the molecule is COc1ccc(-c2noc(CN(C(=O)c3cccc([N+](=O)[O-])c3)C(C)C)n2)cc1. The van der Waals surface area contributed by atoms with E-state index in [0.717, 1.165) is 5.56 Å². The summed E-state index contributed by atoms with van der Waals surface area (Å²) < 4.78 is 10.4. The van der Waals surface area contributed by atoms with E-state index in [1.54, 1.807) is 25.3 Å². The Labute approximate surface area is 167 Å². The number of carbonyl (C=O) groups excluding carboxylic acids is 1. The fraction of sp³-hybridized carbons (Fsp3) is 0.250. The van der Waals surface area contributed by atoms with E-state index in [0.29, 0.717) is 11.6 Å². The van der Waals surface area contributed by atoms with Crippen LogP contribution in [0.15, 0.2) is 53.1 Å². The number of methoxy groups -OCH3 is 1. The zero-order valence-corrected chi connectivity index (χ0v) is 16.2. The Morgan fingerprint density at radius 2 is 1.97 bits per heavy atom. The van der Waals surface area contributed by atoms with Crippen LogP contribution in [0.25, 0.3) is 11.4 Å². The van der Waals surface area contributed by atoms with E-state index in [4.69, 9.17) is 9.26 Å². The van der Waals surface area contributed by atoms with Crippen molar-refractivity contribution in [3.05, 3.63) is 70.1 Å². The number of nitro benzene ring substituents is 1. The molecule has 3 rings (SSSR count). The van der Waals surface area contributed by atoms with Gasteiger partial charge in [0.1, 0.15) is 12.3 Å². The van der Waals surface area contributed by atoms with Crippen LogP contribution in [0.1, 0.15) is 30.1 Å². The molecular weight excluding hydrogens is 376 g/mol. The van der Waals surface area contributed by atoms with Crippen molar-refractivity contribution in [3.63, 3.8) is 0 Å². The second-order valence-electron chi connectivity index (χ2n) is 6.57. The van der Waals surface area contributed by atoms with Crippen LogP contribution in [0, 0.1) is 10.1 Å². The highest BCUT2D eigenvalue weighted by atomic mass is 16.6. The smallest absolute Gasteiger partial charge is 0.270 e. The summed E-state index contributed by atoms with van der Waals surface area (Å²) in [5.41, 5.74) is 0.837. The largest absolute Gasteiger partial charge is 0.497 e. The molecule has 9 heteroatoms. The molecule has 150 valence electrons. The van der Waals surface area contributed by atoms with Crippen LogP contribution >= 0.6 is 0 Å². The Hall–Kier alpha value is -3.75. The van der Waals surface area contributed by atoms with Crippen LogP contribution < -0.4 is 4.74 Å². The average Bonchev–Trinajstić information content (AvgIpc) is 3.20. The number of rotatable bonds is 7. The second kappa shape index (κ2) is 8.51. The summed E-state index contributed by atoms with van der Waals surface area (Å²) in [6.07, 6.45) is 0. The van der Waals surface area contributed by atoms with Crippen molar-refractivity contribution in [2.75, 3.05) is 7.11 Å². The molecule has 0 bridgehead atoms. The molecule has 0 saturated carbocycles. The van der Waals surface area contributed by atoms with E-state index in [-0.39, 0.29) is 35.6 Å². The molecule has 1 amide bonds. The molecule has 0 aliphatic heterocycles. The van der Waals surface area contributed by atoms with Gasteiger partial charge in [-0.1, -0.05) is 11.2 Å². The van der Waals surface area contributed by atoms with Gasteiger partial charge in [-0.25, -0.2) is 0 Å². The van der Waals surface area contributed by atoms with E-state index in [9.17, 15) is 14.9 Å². The van der Waals surface area contributed by atoms with Crippen LogP contribution in [-0.2, 0) is 6.54 Å². The highest BCUT2D eigenvalue weighted by Crippen LogP contribution is 2.21. The second-order valence-corrected chi connectivity index (χ2v) is 6.57. The number of ether oxygens (including phenoxy) is 1. The minimum absolute atomic E-state index is 0.0857. The van der Waals surface area contributed by atoms with Crippen molar-refractivity contribution in [3.8, 4) is 17.1 Å². The van der Waals surface area contributed by atoms with Crippen molar-refractivity contribution in [2.45, 2.75) is 26.4 Å². The summed E-state index contributed by atoms with van der Waals surface area (Å²) in [6, 6.07) is 12.6. The molecule has 1 heterocycles. The highest BCUT2D eigenvalue weighted by molar-refractivity contribution is 5.95. The number of benzene rings is 2. The van der Waals surface area contributed by atoms with Gasteiger partial charge in [-0.2, -0.15) is 4.98 Å². The lowest BCUT2D eigenvalue weighted by molar-refractivity contribution is -0.384. The topological polar surface area (TPSA) is 112 Å². The van der Waals surface area contributed by atoms with Crippen molar-refractivity contribution in [1.29, 1.82) is 0 Å². The molecule has 0 N–H and O–H groups in total. The predicted molar refractivity (Wildman–Crippen MR) is 104 cm³/mol. The number of aromatic nitrogens is 2. The zero-order valence-electron chi connectivity index (χ0n) is 16.2. The summed E-state index contributed by atoms with van der Waals surface area (Å²) >= 11 is 0. The summed E-state index contributed by atoms with van der Waals surface area (Å²) in [4.78, 5) is 29.2. The molecule has 0 aliphatic carbocycles. The molecule has 0 radical (unpaired) electrons. The quantitative estimate of drug-likeness (QED) is 0.442. The Bertz CT molecular complexity index is 1010. The van der Waals surface area contributed by atoms with Crippen molar-refractivity contribution in [2.24, 2.45) is 0 Å². The number of nitrogens with zero attached hydrogens (tertiary/aromatic N) is 4. The summed E-state index contributed by atoms with van der Waals surface area (Å²) in [6.45, 7) is 3.77. The van der Waals surface area contributed by atoms with Crippen LogP contribution in [0.2, 0.25) is 0 Å². The van der Waals surface area contributed by atoms with Gasteiger partial charge >= 0.3 is 0 Å². The maximum absolute atomic E-state index is 12.9. The Balaban J connectivity index is 1.80. The number of hydrogen-bond acceptors (Lipinski definition) is 7. The monoisotopic (exact) mass is 396 g/mol. The van der Waals surface area contributed by atoms with E-state index in [1.165, 1.54) is 23.1 Å². The molecular formula is C20H20N4O5. The molecule has 0 fully saturated rings. The number of non-ortho nitro benzene ring substituents is 1. The first-order valence-corrected chi connectivity index (χ1v) is 8.91. The molecule has 0 aliphatic rings. The van der Waals surface area contributed by atoms with Gasteiger partial charge in [0, 0.05) is 29.3 Å². The van der Waals surface area contributed by atoms with Crippen LogP contribution in [0.5, 0.6) is 5.75 Å². The normalized spacial score (nSPS) is 10.8. The number of amides is 1. The van der Waals surface area contributed by atoms with Crippen molar-refractivity contribution >= 4 is 11.6 Å². The summed E-state index contributed by atoms with van der Waals surface area (Å²) in [7, 11) is 1.58. The first-order valence-electron chi connectivity index (χ1n) is 8.91. The van der Waals surface area contributed by atoms with Crippen molar-refractivity contribution in [1.82, 2.24) is 15.0 Å². The number of carbonyl (C=O) groups is 1. The Kier molecular flexibility index (Phi) is 5.87. The van der Waals surface area contributed by atoms with E-state index in [1.807, 2.05) is 26.0 Å². The minimum atomic E-state index is -0.532. The standard InChI is InChI=1S/C20H20N4O5/c1-13(2)23(20(25)15-5-4-6-16(11-15)24(26)27)12-18-21-19(22-29-18)14-7-9-17(28-3)10-8-14/h4-11,13H,12H2,1-3H3. The van der Waals surface area contributed by atoms with Crippen molar-refractivity contribution < 1.29 is 19.0 Å². The Morgan fingerprint density at radius 3 is 2.59 bits per heavy atom. The van der Waals surface area contributed by atoms with E-state index in [2.05, 4.69) is 10.1 Å². The number of nitro groups is 1. The summed E-state index contributed by atoms with van der Waals surface area (Å²) in [5.74, 6) is 1.02. The zero-order chi connectivity index (χ0) is 21.0. The predicted octanol–water partition coefficient (Wildman–Crippen LogP) is 3.70. The van der Waals surface area contributed by atoms with E-state index < -0.39 is 4.92 Å². The van der Waals surface area contributed by atoms with Gasteiger partial charge in [0.05, 0.1) is 12.0 Å². The van der Waals surface area contributed by atoms with Crippen LogP contribution in [-0.4, -0.2) is 39.0 Å². The average molecular weight is 396 g/mol. The molecule has 2 aromatic carbocycles. The lowest BCUT2D eigenvalue weighted by Gasteiger charge is -2.25. The third-order valence-electron chi connectivity index (χ3n) is 4.31. The van der Waals surface area contributed by atoms with Gasteiger partial charge in [0.2, 0.25) is 11.7 Å². The molecule has 0 spiro atoms. The van der Waals surface area contributed by atoms with Gasteiger partial charge in [-0.05, 0) is 44.2 Å². The highest BCUT2D eigenvalue weighted by Gasteiger charge is 2.23. The third-order valence-corrected chi connectivity index (χ3v) is 4.31.